The molecule has 0 aliphatic carbocycles. The van der Waals surface area contributed by atoms with Crippen LogP contribution in [0.3, 0.4) is 0 Å². The van der Waals surface area contributed by atoms with Crippen LogP contribution in [-0.2, 0) is 13.0 Å². The average molecular weight is 204 g/mol. The summed E-state index contributed by atoms with van der Waals surface area (Å²) in [5, 5.41) is 1.12. The Morgan fingerprint density at radius 3 is 2.73 bits per heavy atom. The van der Waals surface area contributed by atoms with Crippen molar-refractivity contribution in [2.45, 2.75) is 19.9 Å². The topological polar surface area (TPSA) is 51.0 Å². The lowest BCUT2D eigenvalue weighted by Crippen LogP contribution is -1.96. The van der Waals surface area contributed by atoms with Crippen LogP contribution in [0.15, 0.2) is 18.3 Å². The standard InChI is InChI=1S/C12H16N2O/c1-3-8-4-5-10(15-2)11-9(6-13)7-14-12(8)11/h4-5,7,14H,3,6,13H2,1-2H3. The maximum atomic E-state index is 5.70. The maximum Gasteiger partial charge on any atom is 0.128 e. The Labute approximate surface area is 89.2 Å². The van der Waals surface area contributed by atoms with E-state index in [2.05, 4.69) is 18.0 Å². The molecule has 0 atom stereocenters. The van der Waals surface area contributed by atoms with Crippen molar-refractivity contribution in [2.75, 3.05) is 7.11 Å². The molecule has 0 aliphatic heterocycles. The van der Waals surface area contributed by atoms with Gasteiger partial charge in [-0.25, -0.2) is 0 Å². The molecule has 0 saturated heterocycles. The Kier molecular flexibility index (Phi) is 2.64. The summed E-state index contributed by atoms with van der Waals surface area (Å²) in [4.78, 5) is 3.27. The number of hydrogen-bond donors (Lipinski definition) is 2. The van der Waals surface area contributed by atoms with Crippen LogP contribution in [-0.4, -0.2) is 12.1 Å². The first-order valence-electron chi connectivity index (χ1n) is 5.17. The zero-order valence-corrected chi connectivity index (χ0v) is 9.13. The molecule has 3 heteroatoms. The van der Waals surface area contributed by atoms with E-state index >= 15 is 0 Å². The van der Waals surface area contributed by atoms with Crippen molar-refractivity contribution in [3.05, 3.63) is 29.5 Å². The number of H-pyrrole nitrogens is 1. The molecule has 1 aromatic carbocycles. The van der Waals surface area contributed by atoms with Crippen LogP contribution in [0.4, 0.5) is 0 Å². The van der Waals surface area contributed by atoms with Gasteiger partial charge in [-0.1, -0.05) is 13.0 Å². The number of ether oxygens (including phenoxy) is 1. The second-order valence-corrected chi connectivity index (χ2v) is 3.55. The molecule has 1 aromatic heterocycles. The van der Waals surface area contributed by atoms with Gasteiger partial charge in [-0.3, -0.25) is 0 Å². The number of nitrogens with one attached hydrogen (secondary N) is 1. The summed E-state index contributed by atoms with van der Waals surface area (Å²) in [6.07, 6.45) is 2.97. The lowest BCUT2D eigenvalue weighted by molar-refractivity contribution is 0.419. The van der Waals surface area contributed by atoms with E-state index in [9.17, 15) is 0 Å². The number of aromatic amines is 1. The number of rotatable bonds is 3. The molecular formula is C12H16N2O. The lowest BCUT2D eigenvalue weighted by atomic mass is 10.1. The fourth-order valence-corrected chi connectivity index (χ4v) is 1.97. The summed E-state index contributed by atoms with van der Waals surface area (Å²) in [7, 11) is 1.69. The fourth-order valence-electron chi connectivity index (χ4n) is 1.97. The molecule has 15 heavy (non-hydrogen) atoms. The van der Waals surface area contributed by atoms with E-state index in [1.54, 1.807) is 7.11 Å². The van der Waals surface area contributed by atoms with Gasteiger partial charge in [0.25, 0.3) is 0 Å². The highest BCUT2D eigenvalue weighted by atomic mass is 16.5. The fraction of sp³-hybridized carbons (Fsp3) is 0.333. The van der Waals surface area contributed by atoms with Crippen LogP contribution in [0, 0.1) is 0 Å². The highest BCUT2D eigenvalue weighted by Crippen LogP contribution is 2.31. The predicted octanol–water partition coefficient (Wildman–Crippen LogP) is 2.20. The van der Waals surface area contributed by atoms with Crippen molar-refractivity contribution in [1.82, 2.24) is 4.98 Å². The third-order valence-electron chi connectivity index (χ3n) is 2.79. The first-order chi connectivity index (χ1) is 7.31. The molecule has 0 amide bonds. The van der Waals surface area contributed by atoms with E-state index in [0.717, 1.165) is 28.6 Å². The second-order valence-electron chi connectivity index (χ2n) is 3.55. The van der Waals surface area contributed by atoms with Crippen molar-refractivity contribution < 1.29 is 4.74 Å². The molecule has 2 aromatic rings. The molecule has 0 fully saturated rings. The number of hydrogen-bond acceptors (Lipinski definition) is 2. The van der Waals surface area contributed by atoms with Crippen LogP contribution in [0.1, 0.15) is 18.1 Å². The molecule has 1 heterocycles. The van der Waals surface area contributed by atoms with Gasteiger partial charge >= 0.3 is 0 Å². The molecule has 3 N–H and O–H groups in total. The van der Waals surface area contributed by atoms with Gasteiger partial charge in [0.15, 0.2) is 0 Å². The molecule has 80 valence electrons. The maximum absolute atomic E-state index is 5.70. The van der Waals surface area contributed by atoms with Gasteiger partial charge < -0.3 is 15.5 Å². The number of aryl methyl sites for hydroxylation is 1. The van der Waals surface area contributed by atoms with Crippen molar-refractivity contribution in [1.29, 1.82) is 0 Å². The Morgan fingerprint density at radius 1 is 1.33 bits per heavy atom. The predicted molar refractivity (Wildman–Crippen MR) is 62.1 cm³/mol. The monoisotopic (exact) mass is 204 g/mol. The third kappa shape index (κ3) is 1.49. The minimum absolute atomic E-state index is 0.531. The quantitative estimate of drug-likeness (QED) is 0.805. The van der Waals surface area contributed by atoms with Crippen LogP contribution in [0.2, 0.25) is 0 Å². The molecule has 0 bridgehead atoms. The molecular weight excluding hydrogens is 188 g/mol. The van der Waals surface area contributed by atoms with Crippen LogP contribution < -0.4 is 10.5 Å². The number of fused-ring (bicyclic) bond motifs is 1. The number of methoxy groups -OCH3 is 1. The first-order valence-corrected chi connectivity index (χ1v) is 5.17. The van der Waals surface area contributed by atoms with E-state index in [0.29, 0.717) is 6.54 Å². The van der Waals surface area contributed by atoms with Crippen LogP contribution >= 0.6 is 0 Å². The van der Waals surface area contributed by atoms with Crippen LogP contribution in [0.25, 0.3) is 10.9 Å². The highest BCUT2D eigenvalue weighted by Gasteiger charge is 2.10. The van der Waals surface area contributed by atoms with Gasteiger partial charge in [0, 0.05) is 18.1 Å². The lowest BCUT2D eigenvalue weighted by Gasteiger charge is -2.06. The summed E-state index contributed by atoms with van der Waals surface area (Å²) in [6.45, 7) is 2.67. The molecule has 0 unspecified atom stereocenters. The summed E-state index contributed by atoms with van der Waals surface area (Å²) in [5.41, 5.74) is 9.26. The Bertz CT molecular complexity index is 474. The highest BCUT2D eigenvalue weighted by molar-refractivity contribution is 5.91. The Balaban J connectivity index is 2.77. The van der Waals surface area contributed by atoms with Crippen LogP contribution in [0.5, 0.6) is 5.75 Å². The summed E-state index contributed by atoms with van der Waals surface area (Å²) < 4.78 is 5.35. The Morgan fingerprint density at radius 2 is 2.13 bits per heavy atom. The second kappa shape index (κ2) is 3.95. The van der Waals surface area contributed by atoms with Gasteiger partial charge in [-0.2, -0.15) is 0 Å². The van der Waals surface area contributed by atoms with Crippen molar-refractivity contribution >= 4 is 10.9 Å². The van der Waals surface area contributed by atoms with E-state index in [4.69, 9.17) is 10.5 Å². The first kappa shape index (κ1) is 10.1. The number of benzene rings is 1. The normalized spacial score (nSPS) is 10.9. The minimum atomic E-state index is 0.531. The zero-order chi connectivity index (χ0) is 10.8. The molecule has 0 radical (unpaired) electrons. The van der Waals surface area contributed by atoms with E-state index in [-0.39, 0.29) is 0 Å². The molecule has 0 saturated carbocycles. The molecule has 0 aliphatic rings. The zero-order valence-electron chi connectivity index (χ0n) is 9.13. The molecule has 2 rings (SSSR count). The number of aromatic nitrogens is 1. The largest absolute Gasteiger partial charge is 0.496 e. The van der Waals surface area contributed by atoms with Gasteiger partial charge in [-0.15, -0.1) is 0 Å². The van der Waals surface area contributed by atoms with Crippen molar-refractivity contribution in [3.63, 3.8) is 0 Å². The molecule has 3 nitrogen and oxygen atoms in total. The van der Waals surface area contributed by atoms with Gasteiger partial charge in [0.05, 0.1) is 12.6 Å². The summed E-state index contributed by atoms with van der Waals surface area (Å²) in [5.74, 6) is 0.893. The van der Waals surface area contributed by atoms with Gasteiger partial charge in [0.1, 0.15) is 5.75 Å². The third-order valence-corrected chi connectivity index (χ3v) is 2.79. The summed E-state index contributed by atoms with van der Waals surface area (Å²) >= 11 is 0. The molecule has 0 spiro atoms. The van der Waals surface area contributed by atoms with Crippen molar-refractivity contribution in [3.8, 4) is 5.75 Å². The number of nitrogens with two attached hydrogens (primary N) is 1. The smallest absolute Gasteiger partial charge is 0.128 e. The summed E-state index contributed by atoms with van der Waals surface area (Å²) in [6, 6.07) is 4.10. The SMILES string of the molecule is CCc1ccc(OC)c2c(CN)c[nH]c12. The minimum Gasteiger partial charge on any atom is -0.496 e. The van der Waals surface area contributed by atoms with E-state index in [1.807, 2.05) is 12.3 Å². The van der Waals surface area contributed by atoms with E-state index < -0.39 is 0 Å². The Hall–Kier alpha value is -1.48. The van der Waals surface area contributed by atoms with Crippen molar-refractivity contribution in [2.24, 2.45) is 5.73 Å². The van der Waals surface area contributed by atoms with Gasteiger partial charge in [-0.05, 0) is 23.6 Å². The van der Waals surface area contributed by atoms with E-state index in [1.165, 1.54) is 5.56 Å². The average Bonchev–Trinajstić information content (AvgIpc) is 2.71. The van der Waals surface area contributed by atoms with Gasteiger partial charge in [0.2, 0.25) is 0 Å².